The van der Waals surface area contributed by atoms with Crippen molar-refractivity contribution in [2.24, 2.45) is 11.8 Å². The molecule has 0 saturated heterocycles. The molecule has 118 valence electrons. The number of halogens is 3. The van der Waals surface area contributed by atoms with E-state index in [-0.39, 0.29) is 19.3 Å². The van der Waals surface area contributed by atoms with E-state index in [0.717, 1.165) is 0 Å². The molecule has 1 fully saturated rings. The van der Waals surface area contributed by atoms with E-state index in [9.17, 15) is 23.1 Å². The first-order valence-electron chi connectivity index (χ1n) is 6.87. The van der Waals surface area contributed by atoms with Crippen molar-refractivity contribution in [2.45, 2.75) is 70.8 Å². The first-order chi connectivity index (χ1) is 8.85. The maximum absolute atomic E-state index is 12.8. The second-order valence-electron chi connectivity index (χ2n) is 6.69. The summed E-state index contributed by atoms with van der Waals surface area (Å²) in [6.07, 6.45) is -4.31. The van der Waals surface area contributed by atoms with Crippen LogP contribution in [0, 0.1) is 11.8 Å². The lowest BCUT2D eigenvalue weighted by Crippen LogP contribution is -2.48. The Bertz CT molecular complexity index is 360. The molecule has 3 unspecified atom stereocenters. The van der Waals surface area contributed by atoms with Gasteiger partial charge in [-0.1, -0.05) is 0 Å². The lowest BCUT2D eigenvalue weighted by molar-refractivity contribution is -0.211. The van der Waals surface area contributed by atoms with Crippen molar-refractivity contribution >= 4 is 5.97 Å². The van der Waals surface area contributed by atoms with Crippen molar-refractivity contribution < 1.29 is 27.8 Å². The summed E-state index contributed by atoms with van der Waals surface area (Å²) < 4.78 is 43.5. The molecule has 0 aromatic heterocycles. The van der Waals surface area contributed by atoms with Crippen molar-refractivity contribution in [3.05, 3.63) is 0 Å². The van der Waals surface area contributed by atoms with Crippen molar-refractivity contribution in [2.75, 3.05) is 0 Å². The molecule has 20 heavy (non-hydrogen) atoms. The van der Waals surface area contributed by atoms with E-state index >= 15 is 0 Å². The van der Waals surface area contributed by atoms with Crippen molar-refractivity contribution in [1.29, 1.82) is 0 Å². The van der Waals surface area contributed by atoms with E-state index in [1.807, 2.05) is 0 Å². The zero-order valence-electron chi connectivity index (χ0n) is 12.4. The Hall–Kier alpha value is -0.780. The van der Waals surface area contributed by atoms with Crippen LogP contribution in [0.5, 0.6) is 0 Å². The number of ether oxygens (including phenoxy) is 1. The van der Waals surface area contributed by atoms with Crippen LogP contribution in [0.25, 0.3) is 0 Å². The third-order valence-corrected chi connectivity index (χ3v) is 3.79. The van der Waals surface area contributed by atoms with Gasteiger partial charge in [0.05, 0.1) is 17.4 Å². The second kappa shape index (κ2) is 5.54. The number of hydrogen-bond donors (Lipinski definition) is 1. The third kappa shape index (κ3) is 4.36. The Kier molecular flexibility index (Phi) is 4.79. The molecule has 1 saturated carbocycles. The molecule has 0 aliphatic heterocycles. The molecular weight excluding hydrogens is 273 g/mol. The number of carbonyl (C=O) groups is 1. The highest BCUT2D eigenvalue weighted by molar-refractivity contribution is 5.74. The molecule has 1 aliphatic rings. The summed E-state index contributed by atoms with van der Waals surface area (Å²) in [6, 6.07) is 0. The lowest BCUT2D eigenvalue weighted by Gasteiger charge is -2.41. The van der Waals surface area contributed by atoms with Gasteiger partial charge in [-0.2, -0.15) is 13.2 Å². The third-order valence-electron chi connectivity index (χ3n) is 3.79. The fraction of sp³-hybridized carbons (Fsp3) is 0.929. The average molecular weight is 296 g/mol. The van der Waals surface area contributed by atoms with Gasteiger partial charge in [0.25, 0.3) is 0 Å². The molecule has 1 aliphatic carbocycles. The molecule has 0 heterocycles. The molecule has 3 atom stereocenters. The van der Waals surface area contributed by atoms with Gasteiger partial charge in [0.15, 0.2) is 0 Å². The van der Waals surface area contributed by atoms with E-state index in [1.165, 1.54) is 6.92 Å². The minimum atomic E-state index is -4.33. The molecule has 1 rings (SSSR count). The van der Waals surface area contributed by atoms with Gasteiger partial charge in [0.2, 0.25) is 0 Å². The topological polar surface area (TPSA) is 46.5 Å². The molecule has 0 spiro atoms. The van der Waals surface area contributed by atoms with Crippen LogP contribution < -0.4 is 0 Å². The summed E-state index contributed by atoms with van der Waals surface area (Å²) in [6.45, 7) is 6.48. The van der Waals surface area contributed by atoms with Crippen LogP contribution in [0.15, 0.2) is 0 Å². The van der Waals surface area contributed by atoms with Crippen LogP contribution >= 0.6 is 0 Å². The Morgan fingerprint density at radius 1 is 1.35 bits per heavy atom. The molecule has 0 amide bonds. The minimum absolute atomic E-state index is 0.00679. The van der Waals surface area contributed by atoms with Crippen molar-refractivity contribution in [3.63, 3.8) is 0 Å². The van der Waals surface area contributed by atoms with E-state index in [4.69, 9.17) is 4.74 Å². The maximum atomic E-state index is 12.8. The Morgan fingerprint density at radius 2 is 1.90 bits per heavy atom. The maximum Gasteiger partial charge on any atom is 0.391 e. The summed E-state index contributed by atoms with van der Waals surface area (Å²) in [5.74, 6) is -3.17. The van der Waals surface area contributed by atoms with Crippen LogP contribution in [0.2, 0.25) is 0 Å². The zero-order valence-corrected chi connectivity index (χ0v) is 12.4. The van der Waals surface area contributed by atoms with E-state index < -0.39 is 41.6 Å². The van der Waals surface area contributed by atoms with E-state index in [2.05, 4.69) is 0 Å². The molecular formula is C14H23F3O3. The Morgan fingerprint density at radius 3 is 2.35 bits per heavy atom. The fourth-order valence-electron chi connectivity index (χ4n) is 2.57. The summed E-state index contributed by atoms with van der Waals surface area (Å²) >= 11 is 0. The van der Waals surface area contributed by atoms with Crippen LogP contribution in [0.1, 0.15) is 53.4 Å². The van der Waals surface area contributed by atoms with E-state index in [1.54, 1.807) is 20.8 Å². The van der Waals surface area contributed by atoms with E-state index in [0.29, 0.717) is 0 Å². The van der Waals surface area contributed by atoms with Gasteiger partial charge in [0, 0.05) is 0 Å². The summed E-state index contributed by atoms with van der Waals surface area (Å²) in [5, 5.41) is 10.4. The fourth-order valence-corrected chi connectivity index (χ4v) is 2.57. The molecule has 0 aromatic rings. The van der Waals surface area contributed by atoms with Crippen LogP contribution in [0.4, 0.5) is 13.2 Å². The molecule has 0 bridgehead atoms. The molecule has 1 N–H and O–H groups in total. The van der Waals surface area contributed by atoms with Crippen LogP contribution in [0.3, 0.4) is 0 Å². The molecule has 6 heteroatoms. The smallest absolute Gasteiger partial charge is 0.391 e. The Labute approximate surface area is 117 Å². The SMILES string of the molecule is CC(C(=O)OC(C)(C)C)C1(O)CCCC(C(F)(F)F)C1. The number of hydrogen-bond acceptors (Lipinski definition) is 3. The number of esters is 1. The summed E-state index contributed by atoms with van der Waals surface area (Å²) in [5.41, 5.74) is -2.36. The number of alkyl halides is 3. The first kappa shape index (κ1) is 17.3. The predicted octanol–water partition coefficient (Wildman–Crippen LogP) is 3.45. The largest absolute Gasteiger partial charge is 0.460 e. The molecule has 0 aromatic carbocycles. The standard InChI is InChI=1S/C14H23F3O3/c1-9(11(18)20-12(2,3)4)13(19)7-5-6-10(8-13)14(15,16)17/h9-10,19H,5-8H2,1-4H3. The monoisotopic (exact) mass is 296 g/mol. The van der Waals surface area contributed by atoms with Gasteiger partial charge in [0.1, 0.15) is 5.60 Å². The predicted molar refractivity (Wildman–Crippen MR) is 68.0 cm³/mol. The van der Waals surface area contributed by atoms with Crippen molar-refractivity contribution in [1.82, 2.24) is 0 Å². The average Bonchev–Trinajstić information content (AvgIpc) is 2.24. The normalized spacial score (nSPS) is 29.9. The summed E-state index contributed by atoms with van der Waals surface area (Å²) in [7, 11) is 0. The highest BCUT2D eigenvalue weighted by atomic mass is 19.4. The van der Waals surface area contributed by atoms with Gasteiger partial charge in [-0.25, -0.2) is 0 Å². The minimum Gasteiger partial charge on any atom is -0.460 e. The molecule has 3 nitrogen and oxygen atoms in total. The van der Waals surface area contributed by atoms with Crippen LogP contribution in [-0.2, 0) is 9.53 Å². The van der Waals surface area contributed by atoms with Gasteiger partial charge in [-0.15, -0.1) is 0 Å². The van der Waals surface area contributed by atoms with Gasteiger partial charge >= 0.3 is 12.1 Å². The Balaban J connectivity index is 2.79. The van der Waals surface area contributed by atoms with Gasteiger partial charge in [-0.05, 0) is 53.4 Å². The quantitative estimate of drug-likeness (QED) is 0.794. The number of rotatable bonds is 2. The van der Waals surface area contributed by atoms with Gasteiger partial charge in [-0.3, -0.25) is 4.79 Å². The van der Waals surface area contributed by atoms with Crippen molar-refractivity contribution in [3.8, 4) is 0 Å². The lowest BCUT2D eigenvalue weighted by atomic mass is 9.71. The molecule has 0 radical (unpaired) electrons. The number of aliphatic hydroxyl groups is 1. The zero-order chi connectivity index (χ0) is 15.8. The van der Waals surface area contributed by atoms with Crippen LogP contribution in [-0.4, -0.2) is 28.5 Å². The highest BCUT2D eigenvalue weighted by Crippen LogP contribution is 2.44. The highest BCUT2D eigenvalue weighted by Gasteiger charge is 2.50. The summed E-state index contributed by atoms with van der Waals surface area (Å²) in [4.78, 5) is 12.0. The van der Waals surface area contributed by atoms with Gasteiger partial charge < -0.3 is 9.84 Å². The first-order valence-corrected chi connectivity index (χ1v) is 6.87. The number of carbonyl (C=O) groups excluding carboxylic acids is 1. The second-order valence-corrected chi connectivity index (χ2v) is 6.69.